The van der Waals surface area contributed by atoms with Crippen LogP contribution in [0.2, 0.25) is 0 Å². The van der Waals surface area contributed by atoms with Crippen molar-refractivity contribution in [2.45, 2.75) is 57.8 Å². The second kappa shape index (κ2) is 4.88. The lowest BCUT2D eigenvalue weighted by Gasteiger charge is -2.32. The topological polar surface area (TPSA) is 49.8 Å². The molecule has 1 aromatic rings. The Morgan fingerprint density at radius 2 is 1.81 bits per heavy atom. The van der Waals surface area contributed by atoms with Gasteiger partial charge in [-0.2, -0.15) is 0 Å². The number of hydrogen-bond acceptors (Lipinski definition) is 5. The highest BCUT2D eigenvalue weighted by Crippen LogP contribution is 2.38. The van der Waals surface area contributed by atoms with Crippen LogP contribution in [-0.4, -0.2) is 36.5 Å². The lowest BCUT2D eigenvalue weighted by atomic mass is 9.83. The van der Waals surface area contributed by atoms with Crippen LogP contribution < -0.4 is 15.1 Å². The van der Waals surface area contributed by atoms with Gasteiger partial charge in [0, 0.05) is 12.3 Å². The summed E-state index contributed by atoms with van der Waals surface area (Å²) in [5, 5.41) is 0. The minimum atomic E-state index is -0.548. The van der Waals surface area contributed by atoms with E-state index in [1.807, 2.05) is 33.8 Å². The Labute approximate surface area is 126 Å². The third-order valence-electron chi connectivity index (χ3n) is 4.39. The summed E-state index contributed by atoms with van der Waals surface area (Å²) >= 11 is 0. The summed E-state index contributed by atoms with van der Waals surface area (Å²) < 4.78 is 23.5. The standard InChI is InChI=1S/C15H22BNO4/c1-14(2)15(3,4)21-16(20-14)13-12(18-5)11(8-9-17-13)19-10-6-7-10/h8-10H,6-7H2,1-5H3. The molecule has 1 aliphatic heterocycles. The number of nitrogens with zero attached hydrogens (tertiary/aromatic N) is 1. The van der Waals surface area contributed by atoms with Gasteiger partial charge in [-0.25, -0.2) is 0 Å². The normalized spacial score (nSPS) is 23.2. The predicted octanol–water partition coefficient (Wildman–Crippen LogP) is 1.93. The van der Waals surface area contributed by atoms with E-state index in [0.29, 0.717) is 23.2 Å². The Kier molecular flexibility index (Phi) is 3.41. The van der Waals surface area contributed by atoms with Crippen LogP contribution in [0.25, 0.3) is 0 Å². The maximum absolute atomic E-state index is 6.05. The van der Waals surface area contributed by atoms with Gasteiger partial charge in [0.1, 0.15) is 5.59 Å². The molecule has 2 fully saturated rings. The van der Waals surface area contributed by atoms with Crippen LogP contribution in [0.5, 0.6) is 11.5 Å². The lowest BCUT2D eigenvalue weighted by molar-refractivity contribution is 0.00578. The molecular weight excluding hydrogens is 269 g/mol. The van der Waals surface area contributed by atoms with E-state index in [2.05, 4.69) is 4.98 Å². The van der Waals surface area contributed by atoms with Crippen molar-refractivity contribution < 1.29 is 18.8 Å². The molecular formula is C15H22BNO4. The van der Waals surface area contributed by atoms with Gasteiger partial charge in [0.15, 0.2) is 11.5 Å². The summed E-state index contributed by atoms with van der Waals surface area (Å²) in [6.45, 7) is 8.07. The first-order valence-corrected chi connectivity index (χ1v) is 7.39. The summed E-state index contributed by atoms with van der Waals surface area (Å²) in [6.07, 6.45) is 4.20. The van der Waals surface area contributed by atoms with Crippen LogP contribution in [0.4, 0.5) is 0 Å². The smallest absolute Gasteiger partial charge is 0.492 e. The second-order valence-corrected chi connectivity index (χ2v) is 6.63. The van der Waals surface area contributed by atoms with E-state index in [1.54, 1.807) is 13.3 Å². The molecule has 0 N–H and O–H groups in total. The molecule has 5 nitrogen and oxygen atoms in total. The summed E-state index contributed by atoms with van der Waals surface area (Å²) in [7, 11) is 1.07. The zero-order chi connectivity index (χ0) is 15.3. The van der Waals surface area contributed by atoms with E-state index in [4.69, 9.17) is 18.8 Å². The molecule has 6 heteroatoms. The zero-order valence-corrected chi connectivity index (χ0v) is 13.3. The maximum atomic E-state index is 6.05. The third-order valence-corrected chi connectivity index (χ3v) is 4.39. The number of ether oxygens (including phenoxy) is 2. The van der Waals surface area contributed by atoms with Crippen LogP contribution in [-0.2, 0) is 9.31 Å². The van der Waals surface area contributed by atoms with Gasteiger partial charge in [-0.3, -0.25) is 4.98 Å². The van der Waals surface area contributed by atoms with Gasteiger partial charge < -0.3 is 18.8 Å². The monoisotopic (exact) mass is 291 g/mol. The van der Waals surface area contributed by atoms with Gasteiger partial charge in [-0.05, 0) is 40.5 Å². The SMILES string of the molecule is COc1c(OC2CC2)ccnc1B1OC(C)(C)C(C)(C)O1. The largest absolute Gasteiger partial charge is 0.518 e. The van der Waals surface area contributed by atoms with E-state index in [9.17, 15) is 0 Å². The molecule has 0 atom stereocenters. The highest BCUT2D eigenvalue weighted by Gasteiger charge is 2.53. The Balaban J connectivity index is 1.91. The summed E-state index contributed by atoms with van der Waals surface area (Å²) in [5.41, 5.74) is -0.176. The van der Waals surface area contributed by atoms with E-state index in [1.165, 1.54) is 0 Å². The summed E-state index contributed by atoms with van der Waals surface area (Å²) in [6, 6.07) is 1.83. The minimum absolute atomic E-state index is 0.299. The molecule has 114 valence electrons. The molecule has 1 saturated heterocycles. The van der Waals surface area contributed by atoms with Crippen LogP contribution in [0.3, 0.4) is 0 Å². The van der Waals surface area contributed by atoms with Gasteiger partial charge in [0.2, 0.25) is 0 Å². The molecule has 0 spiro atoms. The number of aromatic nitrogens is 1. The summed E-state index contributed by atoms with van der Waals surface area (Å²) in [4.78, 5) is 4.40. The average molecular weight is 291 g/mol. The van der Waals surface area contributed by atoms with Gasteiger partial charge in [-0.1, -0.05) is 0 Å². The summed E-state index contributed by atoms with van der Waals surface area (Å²) in [5.74, 6) is 1.31. The molecule has 21 heavy (non-hydrogen) atoms. The first-order chi connectivity index (χ1) is 9.84. The minimum Gasteiger partial charge on any atom is -0.492 e. The fourth-order valence-corrected chi connectivity index (χ4v) is 2.23. The number of hydrogen-bond donors (Lipinski definition) is 0. The molecule has 0 radical (unpaired) electrons. The Hall–Kier alpha value is -1.27. The van der Waals surface area contributed by atoms with Crippen molar-refractivity contribution in [2.75, 3.05) is 7.11 Å². The fourth-order valence-electron chi connectivity index (χ4n) is 2.23. The highest BCUT2D eigenvalue weighted by atomic mass is 16.7. The molecule has 0 amide bonds. The van der Waals surface area contributed by atoms with E-state index in [-0.39, 0.29) is 0 Å². The lowest BCUT2D eigenvalue weighted by Crippen LogP contribution is -2.41. The maximum Gasteiger partial charge on any atom is 0.518 e. The Bertz CT molecular complexity index is 526. The predicted molar refractivity (Wildman–Crippen MR) is 80.2 cm³/mol. The first kappa shape index (κ1) is 14.7. The van der Waals surface area contributed by atoms with Crippen LogP contribution in [0.1, 0.15) is 40.5 Å². The van der Waals surface area contributed by atoms with E-state index in [0.717, 1.165) is 12.8 Å². The molecule has 2 heterocycles. The second-order valence-electron chi connectivity index (χ2n) is 6.63. The number of methoxy groups -OCH3 is 1. The van der Waals surface area contributed by atoms with Crippen molar-refractivity contribution >= 4 is 12.7 Å². The van der Waals surface area contributed by atoms with Crippen molar-refractivity contribution in [3.05, 3.63) is 12.3 Å². The van der Waals surface area contributed by atoms with Crippen molar-refractivity contribution in [3.8, 4) is 11.5 Å². The molecule has 3 rings (SSSR count). The Morgan fingerprint density at radius 3 is 2.33 bits per heavy atom. The van der Waals surface area contributed by atoms with Gasteiger partial charge in [-0.15, -0.1) is 0 Å². The van der Waals surface area contributed by atoms with Crippen molar-refractivity contribution in [2.24, 2.45) is 0 Å². The van der Waals surface area contributed by atoms with Gasteiger partial charge in [0.05, 0.1) is 24.4 Å². The average Bonchev–Trinajstić information content (AvgIpc) is 3.17. The van der Waals surface area contributed by atoms with Crippen LogP contribution in [0, 0.1) is 0 Å². The molecule has 0 unspecified atom stereocenters. The van der Waals surface area contributed by atoms with Crippen LogP contribution >= 0.6 is 0 Å². The number of pyridine rings is 1. The molecule has 1 aromatic heterocycles. The van der Waals surface area contributed by atoms with Gasteiger partial charge >= 0.3 is 7.12 Å². The van der Waals surface area contributed by atoms with E-state index < -0.39 is 18.3 Å². The van der Waals surface area contributed by atoms with Crippen LogP contribution in [0.15, 0.2) is 12.3 Å². The molecule has 0 aromatic carbocycles. The molecule has 2 aliphatic rings. The zero-order valence-electron chi connectivity index (χ0n) is 13.3. The first-order valence-electron chi connectivity index (χ1n) is 7.39. The van der Waals surface area contributed by atoms with Crippen molar-refractivity contribution in [1.29, 1.82) is 0 Å². The quantitative estimate of drug-likeness (QED) is 0.793. The van der Waals surface area contributed by atoms with Crippen molar-refractivity contribution in [3.63, 3.8) is 0 Å². The van der Waals surface area contributed by atoms with Crippen molar-refractivity contribution in [1.82, 2.24) is 4.98 Å². The van der Waals surface area contributed by atoms with Gasteiger partial charge in [0.25, 0.3) is 0 Å². The molecule has 1 aliphatic carbocycles. The fraction of sp³-hybridized carbons (Fsp3) is 0.667. The third kappa shape index (κ3) is 2.62. The Morgan fingerprint density at radius 1 is 1.19 bits per heavy atom. The number of rotatable bonds is 4. The molecule has 1 saturated carbocycles. The highest BCUT2D eigenvalue weighted by molar-refractivity contribution is 6.62. The molecule has 0 bridgehead atoms. The van der Waals surface area contributed by atoms with E-state index >= 15 is 0 Å².